The number of nitrogens with two attached hydrogens (primary N) is 1. The maximum absolute atomic E-state index is 12.1. The number of amides is 2. The number of aromatic carboxylic acids is 1. The van der Waals surface area contributed by atoms with E-state index in [4.69, 9.17) is 10.8 Å². The van der Waals surface area contributed by atoms with Gasteiger partial charge in [0.1, 0.15) is 5.69 Å². The number of carbonyl (C=O) groups is 3. The average Bonchev–Trinajstić information content (AvgIpc) is 2.42. The van der Waals surface area contributed by atoms with Crippen molar-refractivity contribution in [3.8, 4) is 0 Å². The number of unbranched alkanes of at least 4 members (excludes halogenated alkanes) is 1. The molecule has 0 saturated heterocycles. The number of hydrogen-bond donors (Lipinski definition) is 2. The van der Waals surface area contributed by atoms with Crippen molar-refractivity contribution in [1.82, 2.24) is 14.9 Å². The molecule has 0 aromatic carbocycles. The molecule has 1 heterocycles. The molecule has 0 aliphatic heterocycles. The Kier molecular flexibility index (Phi) is 5.57. The summed E-state index contributed by atoms with van der Waals surface area (Å²) in [5.74, 6) is -2.34. The fourth-order valence-corrected chi connectivity index (χ4v) is 1.50. The lowest BCUT2D eigenvalue weighted by Crippen LogP contribution is -2.39. The number of carboxylic acid groups (broad SMARTS) is 1. The number of rotatable bonds is 7. The van der Waals surface area contributed by atoms with E-state index < -0.39 is 17.8 Å². The maximum Gasteiger partial charge on any atom is 0.356 e. The minimum absolute atomic E-state index is 0.0210. The van der Waals surface area contributed by atoms with Crippen LogP contribution in [0.25, 0.3) is 0 Å². The SMILES string of the molecule is CCCCN(CC(N)=O)C(=O)c1cnc(C(=O)O)cn1. The summed E-state index contributed by atoms with van der Waals surface area (Å²) in [5, 5.41) is 8.70. The van der Waals surface area contributed by atoms with Crippen LogP contribution in [-0.2, 0) is 4.79 Å². The summed E-state index contributed by atoms with van der Waals surface area (Å²) >= 11 is 0. The summed E-state index contributed by atoms with van der Waals surface area (Å²) in [4.78, 5) is 42.4. The quantitative estimate of drug-likeness (QED) is 0.718. The fraction of sp³-hybridized carbons (Fsp3) is 0.417. The van der Waals surface area contributed by atoms with Crippen LogP contribution in [0.3, 0.4) is 0 Å². The van der Waals surface area contributed by atoms with Gasteiger partial charge in [0.2, 0.25) is 5.91 Å². The highest BCUT2D eigenvalue weighted by Gasteiger charge is 2.19. The molecule has 1 aromatic heterocycles. The third-order valence-corrected chi connectivity index (χ3v) is 2.51. The van der Waals surface area contributed by atoms with Crippen LogP contribution in [0.5, 0.6) is 0 Å². The topological polar surface area (TPSA) is 126 Å². The Labute approximate surface area is 115 Å². The van der Waals surface area contributed by atoms with Crippen molar-refractivity contribution in [1.29, 1.82) is 0 Å². The minimum atomic E-state index is -1.23. The van der Waals surface area contributed by atoms with Crippen molar-refractivity contribution in [2.75, 3.05) is 13.1 Å². The number of carboxylic acids is 1. The van der Waals surface area contributed by atoms with E-state index in [0.29, 0.717) is 6.54 Å². The number of aromatic nitrogens is 2. The molecule has 0 unspecified atom stereocenters. The van der Waals surface area contributed by atoms with Crippen molar-refractivity contribution in [3.05, 3.63) is 23.8 Å². The Bertz CT molecular complexity index is 501. The van der Waals surface area contributed by atoms with E-state index in [-0.39, 0.29) is 17.9 Å². The van der Waals surface area contributed by atoms with Crippen molar-refractivity contribution < 1.29 is 19.5 Å². The van der Waals surface area contributed by atoms with Gasteiger partial charge in [-0.25, -0.2) is 14.8 Å². The van der Waals surface area contributed by atoms with Gasteiger partial charge in [-0.05, 0) is 6.42 Å². The van der Waals surface area contributed by atoms with Gasteiger partial charge in [0.25, 0.3) is 5.91 Å². The molecule has 8 heteroatoms. The molecule has 20 heavy (non-hydrogen) atoms. The van der Waals surface area contributed by atoms with Gasteiger partial charge in [-0.2, -0.15) is 0 Å². The van der Waals surface area contributed by atoms with Crippen LogP contribution < -0.4 is 5.73 Å². The first-order valence-corrected chi connectivity index (χ1v) is 6.08. The Balaban J connectivity index is 2.87. The molecule has 108 valence electrons. The predicted molar refractivity (Wildman–Crippen MR) is 69.0 cm³/mol. The first-order chi connectivity index (χ1) is 9.45. The summed E-state index contributed by atoms with van der Waals surface area (Å²) in [5.41, 5.74) is 4.82. The van der Waals surface area contributed by atoms with Crippen LogP contribution in [0.4, 0.5) is 0 Å². The van der Waals surface area contributed by atoms with Gasteiger partial charge in [-0.1, -0.05) is 13.3 Å². The van der Waals surface area contributed by atoms with Gasteiger partial charge < -0.3 is 15.7 Å². The Morgan fingerprint density at radius 2 is 1.85 bits per heavy atom. The van der Waals surface area contributed by atoms with Gasteiger partial charge >= 0.3 is 5.97 Å². The van der Waals surface area contributed by atoms with Crippen LogP contribution >= 0.6 is 0 Å². The van der Waals surface area contributed by atoms with Gasteiger partial charge in [0, 0.05) is 6.54 Å². The molecule has 2 amide bonds. The van der Waals surface area contributed by atoms with E-state index in [1.54, 1.807) is 0 Å². The maximum atomic E-state index is 12.1. The largest absolute Gasteiger partial charge is 0.476 e. The second kappa shape index (κ2) is 7.17. The van der Waals surface area contributed by atoms with E-state index in [9.17, 15) is 14.4 Å². The lowest BCUT2D eigenvalue weighted by atomic mass is 10.2. The Hall–Kier alpha value is -2.51. The highest BCUT2D eigenvalue weighted by atomic mass is 16.4. The van der Waals surface area contributed by atoms with Crippen molar-refractivity contribution in [2.45, 2.75) is 19.8 Å². The zero-order chi connectivity index (χ0) is 15.1. The van der Waals surface area contributed by atoms with E-state index >= 15 is 0 Å². The van der Waals surface area contributed by atoms with E-state index in [2.05, 4.69) is 9.97 Å². The second-order valence-corrected chi connectivity index (χ2v) is 4.14. The molecule has 0 aliphatic rings. The molecule has 0 atom stereocenters. The van der Waals surface area contributed by atoms with Crippen molar-refractivity contribution in [3.63, 3.8) is 0 Å². The van der Waals surface area contributed by atoms with Gasteiger partial charge in [-0.15, -0.1) is 0 Å². The molecule has 0 radical (unpaired) electrons. The second-order valence-electron chi connectivity index (χ2n) is 4.14. The van der Waals surface area contributed by atoms with Crippen LogP contribution in [-0.4, -0.2) is 50.8 Å². The molecule has 0 fully saturated rings. The normalized spacial score (nSPS) is 10.1. The van der Waals surface area contributed by atoms with Gasteiger partial charge in [-0.3, -0.25) is 9.59 Å². The molecule has 0 bridgehead atoms. The van der Waals surface area contributed by atoms with Crippen LogP contribution in [0.2, 0.25) is 0 Å². The Morgan fingerprint density at radius 3 is 2.30 bits per heavy atom. The molecular formula is C12H16N4O4. The highest BCUT2D eigenvalue weighted by molar-refractivity contribution is 5.95. The summed E-state index contributed by atoms with van der Waals surface area (Å²) in [6.45, 7) is 2.12. The van der Waals surface area contributed by atoms with E-state index in [0.717, 1.165) is 25.2 Å². The molecule has 0 saturated carbocycles. The smallest absolute Gasteiger partial charge is 0.356 e. The third kappa shape index (κ3) is 4.30. The molecule has 8 nitrogen and oxygen atoms in total. The molecule has 0 spiro atoms. The number of primary amides is 1. The van der Waals surface area contributed by atoms with Crippen LogP contribution in [0.1, 0.15) is 40.7 Å². The monoisotopic (exact) mass is 280 g/mol. The molecule has 3 N–H and O–H groups in total. The summed E-state index contributed by atoms with van der Waals surface area (Å²) in [6.07, 6.45) is 3.65. The van der Waals surface area contributed by atoms with Gasteiger partial charge in [0.15, 0.2) is 5.69 Å². The van der Waals surface area contributed by atoms with Crippen LogP contribution in [0, 0.1) is 0 Å². The first-order valence-electron chi connectivity index (χ1n) is 6.08. The summed E-state index contributed by atoms with van der Waals surface area (Å²) < 4.78 is 0. The zero-order valence-corrected chi connectivity index (χ0v) is 11.1. The highest BCUT2D eigenvalue weighted by Crippen LogP contribution is 2.04. The lowest BCUT2D eigenvalue weighted by Gasteiger charge is -2.20. The minimum Gasteiger partial charge on any atom is -0.476 e. The molecular weight excluding hydrogens is 264 g/mol. The van der Waals surface area contributed by atoms with Crippen molar-refractivity contribution >= 4 is 17.8 Å². The zero-order valence-electron chi connectivity index (χ0n) is 11.1. The summed E-state index contributed by atoms with van der Waals surface area (Å²) in [7, 11) is 0. The fourth-order valence-electron chi connectivity index (χ4n) is 1.50. The number of carbonyl (C=O) groups excluding carboxylic acids is 2. The van der Waals surface area contributed by atoms with Crippen LogP contribution in [0.15, 0.2) is 12.4 Å². The van der Waals surface area contributed by atoms with E-state index in [1.165, 1.54) is 4.90 Å². The summed E-state index contributed by atoms with van der Waals surface area (Å²) in [6, 6.07) is 0. The molecule has 1 aromatic rings. The number of nitrogens with zero attached hydrogens (tertiary/aromatic N) is 3. The average molecular weight is 280 g/mol. The standard InChI is InChI=1S/C12H16N4O4/c1-2-3-4-16(7-10(13)17)11(18)8-5-15-9(6-14-8)12(19)20/h5-6H,2-4,7H2,1H3,(H2,13,17)(H,19,20). The molecule has 0 aliphatic carbocycles. The van der Waals surface area contributed by atoms with E-state index in [1.807, 2.05) is 6.92 Å². The lowest BCUT2D eigenvalue weighted by molar-refractivity contribution is -0.118. The number of hydrogen-bond acceptors (Lipinski definition) is 5. The van der Waals surface area contributed by atoms with Gasteiger partial charge in [0.05, 0.1) is 18.9 Å². The molecule has 1 rings (SSSR count). The Morgan fingerprint density at radius 1 is 1.25 bits per heavy atom. The third-order valence-electron chi connectivity index (χ3n) is 2.51. The first kappa shape index (κ1) is 15.5. The predicted octanol–water partition coefficient (Wildman–Crippen LogP) is -0.0976. The van der Waals surface area contributed by atoms with Crippen molar-refractivity contribution in [2.24, 2.45) is 5.73 Å².